The lowest BCUT2D eigenvalue weighted by Crippen LogP contribution is -2.33. The molecule has 1 saturated heterocycles. The van der Waals surface area contributed by atoms with Gasteiger partial charge in [-0.3, -0.25) is 23.7 Å². The molecule has 0 saturated carbocycles. The number of benzene rings is 3. The van der Waals surface area contributed by atoms with Crippen molar-refractivity contribution in [3.8, 4) is 0 Å². The molecule has 44 heavy (non-hydrogen) atoms. The highest BCUT2D eigenvalue weighted by atomic mass is 35.5. The Morgan fingerprint density at radius 3 is 2.32 bits per heavy atom. The predicted octanol–water partition coefficient (Wildman–Crippen LogP) is 7.32. The Morgan fingerprint density at radius 1 is 0.909 bits per heavy atom. The Hall–Kier alpha value is -3.29. The fraction of sp³-hybridized carbons (Fsp3) is 0.172. The summed E-state index contributed by atoms with van der Waals surface area (Å²) >= 11 is 19.9. The Balaban J connectivity index is 1.40. The standard InChI is InChI=1S/C29H17Cl3F3N3O4S2/c30-15-6-4-13(5-7-15)21-22-23(26(41)38(25(22)40)17-3-1-2-14(10-17)29(33,34)35)43-27-24(21)44-28(42)37(27)12-20(39)36-16-8-9-18(31)19(32)11-16/h1-11,21-23H,12H2,(H,36,39)/t21-,22?,23?/m1/s1. The maximum Gasteiger partial charge on any atom is 0.416 e. The number of halogens is 6. The zero-order valence-electron chi connectivity index (χ0n) is 21.9. The van der Waals surface area contributed by atoms with Crippen LogP contribution in [-0.2, 0) is 27.1 Å². The monoisotopic (exact) mass is 697 g/mol. The second kappa shape index (κ2) is 11.6. The van der Waals surface area contributed by atoms with Gasteiger partial charge >= 0.3 is 11.0 Å². The Labute approximate surface area is 270 Å². The number of fused-ring (bicyclic) bond motifs is 2. The largest absolute Gasteiger partial charge is 0.416 e. The minimum atomic E-state index is -4.69. The third-order valence-electron chi connectivity index (χ3n) is 7.22. The molecule has 1 N–H and O–H groups in total. The molecule has 15 heteroatoms. The van der Waals surface area contributed by atoms with Gasteiger partial charge in [-0.2, -0.15) is 13.2 Å². The van der Waals surface area contributed by atoms with E-state index in [4.69, 9.17) is 34.8 Å². The van der Waals surface area contributed by atoms with Gasteiger partial charge in [0.1, 0.15) is 11.8 Å². The number of hydrogen-bond acceptors (Lipinski definition) is 6. The molecule has 3 atom stereocenters. The van der Waals surface area contributed by atoms with E-state index >= 15 is 0 Å². The van der Waals surface area contributed by atoms with Crippen molar-refractivity contribution in [2.45, 2.75) is 28.9 Å². The predicted molar refractivity (Wildman–Crippen MR) is 164 cm³/mol. The lowest BCUT2D eigenvalue weighted by Gasteiger charge is -2.30. The molecule has 0 aliphatic carbocycles. The number of carbonyl (C=O) groups excluding carboxylic acids is 3. The Bertz CT molecular complexity index is 1900. The van der Waals surface area contributed by atoms with E-state index in [1.54, 1.807) is 30.3 Å². The van der Waals surface area contributed by atoms with Gasteiger partial charge in [-0.15, -0.1) is 0 Å². The number of thioether (sulfide) groups is 1. The molecule has 0 radical (unpaired) electrons. The van der Waals surface area contributed by atoms with E-state index in [1.807, 2.05) is 0 Å². The van der Waals surface area contributed by atoms with Crippen LogP contribution in [0.25, 0.3) is 0 Å². The second-order valence-electron chi connectivity index (χ2n) is 9.95. The summed E-state index contributed by atoms with van der Waals surface area (Å²) in [6.45, 7) is -0.415. The number of amides is 3. The van der Waals surface area contributed by atoms with Crippen LogP contribution in [-0.4, -0.2) is 27.5 Å². The summed E-state index contributed by atoms with van der Waals surface area (Å²) in [5.74, 6) is -3.82. The lowest BCUT2D eigenvalue weighted by molar-refractivity contribution is -0.137. The highest BCUT2D eigenvalue weighted by Crippen LogP contribution is 2.54. The number of thiazole rings is 1. The van der Waals surface area contributed by atoms with E-state index in [-0.39, 0.29) is 10.7 Å². The maximum atomic E-state index is 13.9. The number of hydrogen-bond donors (Lipinski definition) is 1. The van der Waals surface area contributed by atoms with Crippen molar-refractivity contribution in [1.29, 1.82) is 0 Å². The Morgan fingerprint density at radius 2 is 1.64 bits per heavy atom. The molecule has 0 bridgehead atoms. The second-order valence-corrected chi connectivity index (χ2v) is 13.3. The van der Waals surface area contributed by atoms with Crippen LogP contribution in [0.3, 0.4) is 0 Å². The van der Waals surface area contributed by atoms with E-state index < -0.39 is 58.0 Å². The number of aromatic nitrogens is 1. The summed E-state index contributed by atoms with van der Waals surface area (Å²) in [7, 11) is 0. The van der Waals surface area contributed by atoms with Crippen molar-refractivity contribution in [2.24, 2.45) is 5.92 Å². The number of nitrogens with zero attached hydrogens (tertiary/aromatic N) is 2. The zero-order chi connectivity index (χ0) is 31.5. The number of nitrogens with one attached hydrogen (secondary N) is 1. The molecule has 2 aliphatic heterocycles. The third-order valence-corrected chi connectivity index (χ3v) is 10.8. The molecule has 0 spiro atoms. The summed E-state index contributed by atoms with van der Waals surface area (Å²) in [6, 6.07) is 15.0. The summed E-state index contributed by atoms with van der Waals surface area (Å²) in [5.41, 5.74) is -0.289. The molecule has 226 valence electrons. The minimum Gasteiger partial charge on any atom is -0.324 e. The first-order valence-electron chi connectivity index (χ1n) is 12.8. The van der Waals surface area contributed by atoms with E-state index in [9.17, 15) is 32.3 Å². The van der Waals surface area contributed by atoms with Crippen molar-refractivity contribution in [3.05, 3.63) is 107 Å². The molecular formula is C29H17Cl3F3N3O4S2. The van der Waals surface area contributed by atoms with Crippen molar-refractivity contribution >= 4 is 87.0 Å². The first-order valence-corrected chi connectivity index (χ1v) is 15.6. The van der Waals surface area contributed by atoms with Gasteiger partial charge in [0.05, 0.1) is 32.2 Å². The van der Waals surface area contributed by atoms with Gasteiger partial charge in [0.2, 0.25) is 17.7 Å². The fourth-order valence-corrected chi connectivity index (χ4v) is 8.48. The molecular weight excluding hydrogens is 682 g/mol. The van der Waals surface area contributed by atoms with E-state index in [1.165, 1.54) is 22.8 Å². The molecule has 2 unspecified atom stereocenters. The molecule has 1 fully saturated rings. The topological polar surface area (TPSA) is 88.5 Å². The highest BCUT2D eigenvalue weighted by molar-refractivity contribution is 8.00. The first kappa shape index (κ1) is 30.7. The summed E-state index contributed by atoms with van der Waals surface area (Å²) in [4.78, 5) is 54.7. The molecule has 2 aliphatic rings. The smallest absolute Gasteiger partial charge is 0.324 e. The van der Waals surface area contributed by atoms with Crippen LogP contribution in [0.1, 0.15) is 21.9 Å². The van der Waals surface area contributed by atoms with Gasteiger partial charge in [-0.05, 0) is 54.1 Å². The zero-order valence-corrected chi connectivity index (χ0v) is 25.8. The lowest BCUT2D eigenvalue weighted by atomic mass is 9.83. The molecule has 3 aromatic carbocycles. The van der Waals surface area contributed by atoms with E-state index in [0.29, 0.717) is 31.2 Å². The number of anilines is 2. The normalized spacial score (nSPS) is 19.6. The SMILES string of the molecule is O=C(Cn1c2c(sc1=O)[C@H](c1ccc(Cl)cc1)C1C(=O)N(c3cccc(C(F)(F)F)c3)C(=O)C1S2)Nc1ccc(Cl)c(Cl)c1. The van der Waals surface area contributed by atoms with Crippen LogP contribution in [0.5, 0.6) is 0 Å². The Kier molecular flexibility index (Phi) is 8.08. The average molecular weight is 699 g/mol. The number of carbonyl (C=O) groups is 3. The first-order chi connectivity index (χ1) is 20.8. The van der Waals surface area contributed by atoms with Gasteiger partial charge in [0, 0.05) is 21.5 Å². The third kappa shape index (κ3) is 5.54. The summed E-state index contributed by atoms with van der Waals surface area (Å²) < 4.78 is 41.7. The summed E-state index contributed by atoms with van der Waals surface area (Å²) in [5, 5.41) is 2.82. The molecule has 4 aromatic rings. The van der Waals surface area contributed by atoms with Crippen molar-refractivity contribution in [3.63, 3.8) is 0 Å². The highest BCUT2D eigenvalue weighted by Gasteiger charge is 2.57. The van der Waals surface area contributed by atoms with Gasteiger partial charge in [-0.1, -0.05) is 76.1 Å². The van der Waals surface area contributed by atoms with Crippen LogP contribution >= 0.6 is 57.9 Å². The van der Waals surface area contributed by atoms with Gasteiger partial charge in [0.25, 0.3) is 0 Å². The van der Waals surface area contributed by atoms with Crippen LogP contribution in [0.15, 0.2) is 76.6 Å². The van der Waals surface area contributed by atoms with Crippen LogP contribution < -0.4 is 15.1 Å². The molecule has 7 nitrogen and oxygen atoms in total. The molecule has 6 rings (SSSR count). The van der Waals surface area contributed by atoms with E-state index in [0.717, 1.165) is 46.2 Å². The summed E-state index contributed by atoms with van der Waals surface area (Å²) in [6.07, 6.45) is -4.69. The van der Waals surface area contributed by atoms with Gasteiger partial charge in [0.15, 0.2) is 0 Å². The quantitative estimate of drug-likeness (QED) is 0.221. The van der Waals surface area contributed by atoms with Crippen molar-refractivity contribution in [2.75, 3.05) is 10.2 Å². The van der Waals surface area contributed by atoms with Crippen LogP contribution in [0.2, 0.25) is 15.1 Å². The number of imide groups is 1. The van der Waals surface area contributed by atoms with Crippen molar-refractivity contribution < 1.29 is 27.6 Å². The van der Waals surface area contributed by atoms with Gasteiger partial charge in [-0.25, -0.2) is 4.90 Å². The number of alkyl halides is 3. The van der Waals surface area contributed by atoms with Crippen molar-refractivity contribution in [1.82, 2.24) is 4.57 Å². The fourth-order valence-electron chi connectivity index (χ4n) is 5.28. The van der Waals surface area contributed by atoms with Gasteiger partial charge < -0.3 is 5.32 Å². The molecule has 1 aromatic heterocycles. The molecule has 3 heterocycles. The molecule has 3 amide bonds. The van der Waals surface area contributed by atoms with E-state index in [2.05, 4.69) is 5.32 Å². The minimum absolute atomic E-state index is 0.207. The maximum absolute atomic E-state index is 13.9. The number of rotatable bonds is 5. The average Bonchev–Trinajstić information content (AvgIpc) is 3.41. The van der Waals surface area contributed by atoms with Crippen LogP contribution in [0, 0.1) is 5.92 Å². The van der Waals surface area contributed by atoms with Crippen LogP contribution in [0.4, 0.5) is 24.5 Å².